The van der Waals surface area contributed by atoms with Gasteiger partial charge in [-0.15, -0.1) is 0 Å². The van der Waals surface area contributed by atoms with Crippen LogP contribution < -0.4 is 4.74 Å². The normalized spacial score (nSPS) is 12.3. The first kappa shape index (κ1) is 17.8. The Morgan fingerprint density at radius 3 is 2.54 bits per heavy atom. The number of esters is 1. The first-order valence-electron chi connectivity index (χ1n) is 8.18. The third-order valence-electron chi connectivity index (χ3n) is 3.81. The molecule has 0 amide bonds. The van der Waals surface area contributed by atoms with Crippen molar-refractivity contribution in [1.29, 1.82) is 0 Å². The summed E-state index contributed by atoms with van der Waals surface area (Å²) >= 11 is 0. The van der Waals surface area contributed by atoms with Gasteiger partial charge in [-0.05, 0) is 31.2 Å². The van der Waals surface area contributed by atoms with E-state index < -0.39 is 18.6 Å². The van der Waals surface area contributed by atoms with Crippen molar-refractivity contribution in [3.8, 4) is 5.75 Å². The number of carbonyl (C=O) groups excluding carboxylic acids is 1. The van der Waals surface area contributed by atoms with Crippen LogP contribution in [0.3, 0.4) is 0 Å². The lowest BCUT2D eigenvalue weighted by Crippen LogP contribution is -2.16. The molecule has 0 aliphatic carbocycles. The van der Waals surface area contributed by atoms with Crippen molar-refractivity contribution in [3.05, 3.63) is 60.4 Å². The van der Waals surface area contributed by atoms with Crippen molar-refractivity contribution in [2.75, 3.05) is 6.61 Å². The van der Waals surface area contributed by atoms with E-state index in [0.717, 1.165) is 4.57 Å². The number of benzene rings is 2. The van der Waals surface area contributed by atoms with Gasteiger partial charge in [-0.25, -0.2) is 4.98 Å². The standard InChI is InChI=1S/C19H18F2N2O3/c1-13(26-17(24)11-12-25-14-7-3-2-4-8-14)18-22-15-9-5-6-10-16(15)23(18)19(20)21/h2-10,13,19H,11-12H2,1H3. The monoisotopic (exact) mass is 360 g/mol. The topological polar surface area (TPSA) is 53.4 Å². The summed E-state index contributed by atoms with van der Waals surface area (Å²) in [6, 6.07) is 15.6. The van der Waals surface area contributed by atoms with E-state index in [4.69, 9.17) is 9.47 Å². The summed E-state index contributed by atoms with van der Waals surface area (Å²) in [4.78, 5) is 16.2. The molecule has 0 radical (unpaired) electrons. The van der Waals surface area contributed by atoms with Crippen LogP contribution in [-0.4, -0.2) is 22.1 Å². The van der Waals surface area contributed by atoms with Gasteiger partial charge in [-0.3, -0.25) is 9.36 Å². The molecule has 0 aliphatic rings. The lowest BCUT2D eigenvalue weighted by Gasteiger charge is -2.15. The summed E-state index contributed by atoms with van der Waals surface area (Å²) in [6.07, 6.45) is -0.894. The fourth-order valence-corrected chi connectivity index (χ4v) is 2.63. The van der Waals surface area contributed by atoms with Crippen LogP contribution in [0.25, 0.3) is 11.0 Å². The maximum atomic E-state index is 13.4. The highest BCUT2D eigenvalue weighted by Crippen LogP contribution is 2.28. The van der Waals surface area contributed by atoms with Gasteiger partial charge in [0.25, 0.3) is 0 Å². The predicted octanol–water partition coefficient (Wildman–Crippen LogP) is 4.50. The molecule has 0 saturated heterocycles. The molecule has 1 unspecified atom stereocenters. The van der Waals surface area contributed by atoms with Gasteiger partial charge < -0.3 is 9.47 Å². The number of rotatable bonds is 7. The number of hydrogen-bond acceptors (Lipinski definition) is 4. The molecule has 0 aliphatic heterocycles. The number of aromatic nitrogens is 2. The van der Waals surface area contributed by atoms with E-state index in [2.05, 4.69) is 4.98 Å². The molecule has 7 heteroatoms. The summed E-state index contributed by atoms with van der Waals surface area (Å²) in [7, 11) is 0. The lowest BCUT2D eigenvalue weighted by atomic mass is 10.3. The number of imidazole rings is 1. The van der Waals surface area contributed by atoms with E-state index in [1.54, 1.807) is 36.4 Å². The van der Waals surface area contributed by atoms with E-state index in [0.29, 0.717) is 16.8 Å². The van der Waals surface area contributed by atoms with Crippen LogP contribution in [0.15, 0.2) is 54.6 Å². The van der Waals surface area contributed by atoms with Gasteiger partial charge in [0.05, 0.1) is 24.1 Å². The van der Waals surface area contributed by atoms with E-state index >= 15 is 0 Å². The van der Waals surface area contributed by atoms with Crippen LogP contribution in [0, 0.1) is 0 Å². The average Bonchev–Trinajstić information content (AvgIpc) is 3.02. The maximum absolute atomic E-state index is 13.4. The smallest absolute Gasteiger partial charge is 0.320 e. The van der Waals surface area contributed by atoms with Gasteiger partial charge >= 0.3 is 12.5 Å². The Labute approximate surface area is 149 Å². The summed E-state index contributed by atoms with van der Waals surface area (Å²) in [6.45, 7) is -1.11. The van der Waals surface area contributed by atoms with E-state index in [9.17, 15) is 13.6 Å². The minimum Gasteiger partial charge on any atom is -0.493 e. The van der Waals surface area contributed by atoms with Crippen LogP contribution in [0.2, 0.25) is 0 Å². The van der Waals surface area contributed by atoms with Crippen molar-refractivity contribution >= 4 is 17.0 Å². The molecule has 1 heterocycles. The molecule has 3 aromatic rings. The van der Waals surface area contributed by atoms with Gasteiger partial charge in [-0.2, -0.15) is 8.78 Å². The van der Waals surface area contributed by atoms with Crippen LogP contribution in [0.4, 0.5) is 8.78 Å². The number of fused-ring (bicyclic) bond motifs is 1. The predicted molar refractivity (Wildman–Crippen MR) is 92.0 cm³/mol. The largest absolute Gasteiger partial charge is 0.493 e. The molecule has 0 saturated carbocycles. The average molecular weight is 360 g/mol. The van der Waals surface area contributed by atoms with Crippen LogP contribution in [0.5, 0.6) is 5.75 Å². The fourth-order valence-electron chi connectivity index (χ4n) is 2.63. The molecule has 0 bridgehead atoms. The Morgan fingerprint density at radius 1 is 1.12 bits per heavy atom. The maximum Gasteiger partial charge on any atom is 0.320 e. The second-order valence-corrected chi connectivity index (χ2v) is 5.65. The lowest BCUT2D eigenvalue weighted by molar-refractivity contribution is -0.149. The minimum atomic E-state index is -2.78. The molecule has 136 valence electrons. The van der Waals surface area contributed by atoms with Crippen molar-refractivity contribution in [2.45, 2.75) is 26.0 Å². The Kier molecular flexibility index (Phi) is 5.46. The fraction of sp³-hybridized carbons (Fsp3) is 0.263. The molecule has 5 nitrogen and oxygen atoms in total. The van der Waals surface area contributed by atoms with Gasteiger partial charge in [-0.1, -0.05) is 30.3 Å². The first-order valence-corrected chi connectivity index (χ1v) is 8.18. The molecule has 1 atom stereocenters. The van der Waals surface area contributed by atoms with Gasteiger partial charge in [0, 0.05) is 0 Å². The van der Waals surface area contributed by atoms with E-state index in [-0.39, 0.29) is 18.9 Å². The summed E-state index contributed by atoms with van der Waals surface area (Å²) < 4.78 is 38.4. The molecule has 26 heavy (non-hydrogen) atoms. The third-order valence-corrected chi connectivity index (χ3v) is 3.81. The van der Waals surface area contributed by atoms with Crippen LogP contribution >= 0.6 is 0 Å². The SMILES string of the molecule is CC(OC(=O)CCOc1ccccc1)c1nc2ccccc2n1C(F)F. The second-order valence-electron chi connectivity index (χ2n) is 5.65. The van der Waals surface area contributed by atoms with E-state index in [1.807, 2.05) is 18.2 Å². The van der Waals surface area contributed by atoms with E-state index in [1.165, 1.54) is 6.92 Å². The zero-order chi connectivity index (χ0) is 18.5. The summed E-state index contributed by atoms with van der Waals surface area (Å²) in [5.41, 5.74) is 0.728. The number of carbonyl (C=O) groups is 1. The molecular weight excluding hydrogens is 342 g/mol. The zero-order valence-corrected chi connectivity index (χ0v) is 14.1. The Bertz CT molecular complexity index is 881. The molecule has 0 spiro atoms. The first-order chi connectivity index (χ1) is 12.6. The molecule has 0 fully saturated rings. The quantitative estimate of drug-likeness (QED) is 0.582. The Morgan fingerprint density at radius 2 is 1.81 bits per heavy atom. The summed E-state index contributed by atoms with van der Waals surface area (Å²) in [5, 5.41) is 0. The van der Waals surface area contributed by atoms with Crippen LogP contribution in [-0.2, 0) is 9.53 Å². The molecular formula is C19H18F2N2O3. The highest BCUT2D eigenvalue weighted by Gasteiger charge is 2.24. The zero-order valence-electron chi connectivity index (χ0n) is 14.1. The second kappa shape index (κ2) is 7.95. The summed E-state index contributed by atoms with van der Waals surface area (Å²) in [5.74, 6) is 0.118. The van der Waals surface area contributed by atoms with Crippen LogP contribution in [0.1, 0.15) is 31.8 Å². The molecule has 0 N–H and O–H groups in total. The Hall–Kier alpha value is -2.96. The van der Waals surface area contributed by atoms with Crippen molar-refractivity contribution in [3.63, 3.8) is 0 Å². The van der Waals surface area contributed by atoms with Crippen molar-refractivity contribution < 1.29 is 23.0 Å². The van der Waals surface area contributed by atoms with Gasteiger partial charge in [0.15, 0.2) is 11.9 Å². The number of alkyl halides is 2. The number of hydrogen-bond donors (Lipinski definition) is 0. The number of para-hydroxylation sites is 3. The van der Waals surface area contributed by atoms with Gasteiger partial charge in [0.2, 0.25) is 0 Å². The van der Waals surface area contributed by atoms with Crippen molar-refractivity contribution in [2.24, 2.45) is 0 Å². The number of halogens is 2. The highest BCUT2D eigenvalue weighted by atomic mass is 19.3. The number of ether oxygens (including phenoxy) is 2. The Balaban J connectivity index is 1.64. The molecule has 1 aromatic heterocycles. The number of nitrogens with zero attached hydrogens (tertiary/aromatic N) is 2. The van der Waals surface area contributed by atoms with Crippen molar-refractivity contribution in [1.82, 2.24) is 9.55 Å². The molecule has 2 aromatic carbocycles. The minimum absolute atomic E-state index is 0.00808. The molecule has 3 rings (SSSR count). The third kappa shape index (κ3) is 3.99. The van der Waals surface area contributed by atoms with Gasteiger partial charge in [0.1, 0.15) is 5.75 Å². The highest BCUT2D eigenvalue weighted by molar-refractivity contribution is 5.76.